The van der Waals surface area contributed by atoms with Crippen LogP contribution >= 0.6 is 11.6 Å². The average molecular weight is 316 g/mol. The van der Waals surface area contributed by atoms with Crippen molar-refractivity contribution in [2.45, 2.75) is 4.90 Å². The van der Waals surface area contributed by atoms with Crippen LogP contribution in [0.3, 0.4) is 0 Å². The second-order valence-corrected chi connectivity index (χ2v) is 5.45. The van der Waals surface area contributed by atoms with E-state index in [2.05, 4.69) is 19.7 Å². The maximum atomic E-state index is 12.0. The molecule has 0 radical (unpaired) electrons. The molecular weight excluding hydrogens is 310 g/mol. The Morgan fingerprint density at radius 3 is 2.45 bits per heavy atom. The molecule has 0 bridgehead atoms. The minimum atomic E-state index is -4.00. The predicted octanol–water partition coefficient (Wildman–Crippen LogP) is 1.23. The molecule has 11 heteroatoms. The lowest BCUT2D eigenvalue weighted by Crippen LogP contribution is -2.15. The first-order valence-electron chi connectivity index (χ1n) is 5.00. The smallest absolute Gasteiger partial charge is 0.358 e. The molecule has 0 unspecified atom stereocenters. The van der Waals surface area contributed by atoms with Gasteiger partial charge in [-0.25, -0.2) is 18.4 Å². The molecule has 0 fully saturated rings. The molecule has 2 heterocycles. The van der Waals surface area contributed by atoms with E-state index in [1.165, 1.54) is 12.4 Å². The summed E-state index contributed by atoms with van der Waals surface area (Å²) >= 11 is 5.68. The highest BCUT2D eigenvalue weighted by Crippen LogP contribution is 2.20. The van der Waals surface area contributed by atoms with Crippen LogP contribution in [-0.4, -0.2) is 28.3 Å². The predicted molar refractivity (Wildman–Crippen MR) is 68.7 cm³/mol. The summed E-state index contributed by atoms with van der Waals surface area (Å²) in [5, 5.41) is 10.3. The van der Waals surface area contributed by atoms with Gasteiger partial charge in [-0.05, 0) is 16.0 Å². The van der Waals surface area contributed by atoms with E-state index < -0.39 is 20.8 Å². The number of halogens is 1. The van der Waals surface area contributed by atoms with Crippen molar-refractivity contribution in [3.8, 4) is 0 Å². The second-order valence-electron chi connectivity index (χ2n) is 3.41. The molecule has 9 nitrogen and oxygen atoms in total. The molecule has 20 heavy (non-hydrogen) atoms. The number of hydrogen-bond donors (Lipinski definition) is 1. The van der Waals surface area contributed by atoms with Gasteiger partial charge in [-0.15, -0.1) is 0 Å². The summed E-state index contributed by atoms with van der Waals surface area (Å²) in [5.41, 5.74) is 0. The van der Waals surface area contributed by atoms with Gasteiger partial charge in [0.25, 0.3) is 10.0 Å². The van der Waals surface area contributed by atoms with Crippen LogP contribution in [0.25, 0.3) is 0 Å². The van der Waals surface area contributed by atoms with E-state index >= 15 is 0 Å². The van der Waals surface area contributed by atoms with E-state index in [-0.39, 0.29) is 15.9 Å². The summed E-state index contributed by atoms with van der Waals surface area (Å²) < 4.78 is 26.1. The zero-order valence-electron chi connectivity index (χ0n) is 9.59. The standard InChI is InChI=1S/C9H6ClN5O4S/c10-8-9(12-4-3-11-8)14-20(18,19)6-1-2-7(13-5-6)15(16)17/h1-5H,(H,12,14). The van der Waals surface area contributed by atoms with Crippen LogP contribution in [0.5, 0.6) is 0 Å². The zero-order valence-corrected chi connectivity index (χ0v) is 11.2. The molecule has 2 aromatic rings. The van der Waals surface area contributed by atoms with Crippen molar-refractivity contribution in [2.24, 2.45) is 0 Å². The number of hydrogen-bond acceptors (Lipinski definition) is 7. The Morgan fingerprint density at radius 1 is 1.20 bits per heavy atom. The van der Waals surface area contributed by atoms with Crippen LogP contribution in [0, 0.1) is 10.1 Å². The Hall–Kier alpha value is -2.33. The molecule has 2 rings (SSSR count). The molecule has 1 N–H and O–H groups in total. The molecule has 0 spiro atoms. The van der Waals surface area contributed by atoms with Crippen molar-refractivity contribution in [2.75, 3.05) is 4.72 Å². The van der Waals surface area contributed by atoms with Gasteiger partial charge in [0.2, 0.25) is 0 Å². The summed E-state index contributed by atoms with van der Waals surface area (Å²) in [7, 11) is -4.00. The molecular formula is C9H6ClN5O4S. The second kappa shape index (κ2) is 5.35. The lowest BCUT2D eigenvalue weighted by Gasteiger charge is -2.06. The lowest BCUT2D eigenvalue weighted by atomic mass is 10.5. The highest BCUT2D eigenvalue weighted by molar-refractivity contribution is 7.92. The summed E-state index contributed by atoms with van der Waals surface area (Å²) in [5.74, 6) is -0.603. The van der Waals surface area contributed by atoms with E-state index in [9.17, 15) is 18.5 Å². The van der Waals surface area contributed by atoms with Crippen LogP contribution in [0.15, 0.2) is 35.6 Å². The highest BCUT2D eigenvalue weighted by Gasteiger charge is 2.20. The van der Waals surface area contributed by atoms with Crippen molar-refractivity contribution in [1.29, 1.82) is 0 Å². The number of nitro groups is 1. The third kappa shape index (κ3) is 2.97. The van der Waals surface area contributed by atoms with Gasteiger partial charge < -0.3 is 10.1 Å². The van der Waals surface area contributed by atoms with Gasteiger partial charge in [-0.3, -0.25) is 4.72 Å². The van der Waals surface area contributed by atoms with Crippen molar-refractivity contribution in [3.63, 3.8) is 0 Å². The molecule has 0 aromatic carbocycles. The van der Waals surface area contributed by atoms with E-state index in [1.807, 2.05) is 0 Å². The van der Waals surface area contributed by atoms with Gasteiger partial charge in [0.15, 0.2) is 17.2 Å². The molecule has 104 valence electrons. The first kappa shape index (κ1) is 14.1. The number of rotatable bonds is 4. The Morgan fingerprint density at radius 2 is 1.90 bits per heavy atom. The zero-order chi connectivity index (χ0) is 14.8. The Labute approximate surface area is 117 Å². The van der Waals surface area contributed by atoms with E-state index in [0.717, 1.165) is 18.3 Å². The number of pyridine rings is 1. The number of nitrogens with one attached hydrogen (secondary N) is 1. The molecule has 0 aliphatic heterocycles. The monoisotopic (exact) mass is 315 g/mol. The summed E-state index contributed by atoms with van der Waals surface area (Å²) in [6, 6.07) is 2.03. The third-order valence-electron chi connectivity index (χ3n) is 2.10. The minimum absolute atomic E-state index is 0.119. The van der Waals surface area contributed by atoms with Gasteiger partial charge in [-0.1, -0.05) is 11.6 Å². The molecule has 0 aliphatic rings. The first-order chi connectivity index (χ1) is 9.40. The van der Waals surface area contributed by atoms with Gasteiger partial charge >= 0.3 is 5.82 Å². The molecule has 0 saturated heterocycles. The van der Waals surface area contributed by atoms with Gasteiger partial charge in [0.1, 0.15) is 4.90 Å². The molecule has 0 amide bonds. The van der Waals surface area contributed by atoms with E-state index in [4.69, 9.17) is 11.6 Å². The molecule has 0 aliphatic carbocycles. The highest BCUT2D eigenvalue weighted by atomic mass is 35.5. The first-order valence-corrected chi connectivity index (χ1v) is 6.86. The normalized spacial score (nSPS) is 11.1. The molecule has 0 atom stereocenters. The maximum Gasteiger partial charge on any atom is 0.363 e. The van der Waals surface area contributed by atoms with Crippen LogP contribution in [0.4, 0.5) is 11.6 Å². The fourth-order valence-corrected chi connectivity index (χ4v) is 2.38. The number of sulfonamides is 1. The lowest BCUT2D eigenvalue weighted by molar-refractivity contribution is -0.389. The largest absolute Gasteiger partial charge is 0.363 e. The Balaban J connectivity index is 2.31. The van der Waals surface area contributed by atoms with Crippen LogP contribution in [0.1, 0.15) is 0 Å². The molecule has 2 aromatic heterocycles. The fraction of sp³-hybridized carbons (Fsp3) is 0. The van der Waals surface area contributed by atoms with Gasteiger partial charge in [0, 0.05) is 18.5 Å². The van der Waals surface area contributed by atoms with Crippen LogP contribution < -0.4 is 4.72 Å². The number of aromatic nitrogens is 3. The van der Waals surface area contributed by atoms with Gasteiger partial charge in [0.05, 0.1) is 0 Å². The minimum Gasteiger partial charge on any atom is -0.358 e. The Bertz CT molecular complexity index is 749. The van der Waals surface area contributed by atoms with Crippen LogP contribution in [0.2, 0.25) is 5.15 Å². The average Bonchev–Trinajstić information content (AvgIpc) is 2.41. The summed E-state index contributed by atoms with van der Waals surface area (Å²) in [4.78, 5) is 20.3. The van der Waals surface area contributed by atoms with Crippen LogP contribution in [-0.2, 0) is 10.0 Å². The SMILES string of the molecule is O=[N+]([O-])c1ccc(S(=O)(=O)Nc2nccnc2Cl)cn1. The summed E-state index contributed by atoms with van der Waals surface area (Å²) in [6.07, 6.45) is 3.43. The number of nitrogens with zero attached hydrogens (tertiary/aromatic N) is 4. The third-order valence-corrected chi connectivity index (χ3v) is 3.70. The number of anilines is 1. The van der Waals surface area contributed by atoms with Crippen molar-refractivity contribution in [3.05, 3.63) is 46.0 Å². The van der Waals surface area contributed by atoms with Crippen molar-refractivity contribution >= 4 is 33.3 Å². The maximum absolute atomic E-state index is 12.0. The fourth-order valence-electron chi connectivity index (χ4n) is 1.22. The molecule has 0 saturated carbocycles. The van der Waals surface area contributed by atoms with Crippen molar-refractivity contribution in [1.82, 2.24) is 15.0 Å². The topological polar surface area (TPSA) is 128 Å². The Kier molecular flexibility index (Phi) is 3.77. The van der Waals surface area contributed by atoms with Crippen molar-refractivity contribution < 1.29 is 13.3 Å². The van der Waals surface area contributed by atoms with E-state index in [1.54, 1.807) is 0 Å². The summed E-state index contributed by atoms with van der Waals surface area (Å²) in [6.45, 7) is 0. The van der Waals surface area contributed by atoms with E-state index in [0.29, 0.717) is 0 Å². The van der Waals surface area contributed by atoms with Gasteiger partial charge in [-0.2, -0.15) is 0 Å². The quantitative estimate of drug-likeness (QED) is 0.663.